The maximum atomic E-state index is 15.0. The van der Waals surface area contributed by atoms with E-state index in [2.05, 4.69) is 9.97 Å². The zero-order chi connectivity index (χ0) is 18.3. The molecule has 0 bridgehead atoms. The average Bonchev–Trinajstić information content (AvgIpc) is 2.88. The molecule has 0 aliphatic carbocycles. The summed E-state index contributed by atoms with van der Waals surface area (Å²) in [4.78, 5) is 20.2. The number of hydrogen-bond donors (Lipinski definition) is 2. The molecule has 7 heteroatoms. The van der Waals surface area contributed by atoms with Crippen molar-refractivity contribution >= 4 is 22.6 Å². The van der Waals surface area contributed by atoms with E-state index in [9.17, 15) is 13.6 Å². The molecule has 2 heterocycles. The number of anilines is 1. The number of aromatic amines is 1. The number of hydrogen-bond acceptors (Lipinski definition) is 3. The van der Waals surface area contributed by atoms with E-state index in [1.54, 1.807) is 6.07 Å². The normalized spacial score (nSPS) is 11.1. The van der Waals surface area contributed by atoms with E-state index in [4.69, 9.17) is 5.73 Å². The number of aromatic nitrogens is 2. The summed E-state index contributed by atoms with van der Waals surface area (Å²) in [6.45, 7) is 1.83. The summed E-state index contributed by atoms with van der Waals surface area (Å²) in [6.07, 6.45) is 1.92. The molecule has 0 saturated carbocycles. The van der Waals surface area contributed by atoms with Crippen LogP contribution in [-0.4, -0.2) is 34.9 Å². The number of aryl methyl sites for hydroxylation is 1. The van der Waals surface area contributed by atoms with Gasteiger partial charge in [0.1, 0.15) is 11.5 Å². The Morgan fingerprint density at radius 3 is 2.68 bits per heavy atom. The van der Waals surface area contributed by atoms with Crippen LogP contribution in [0.15, 0.2) is 24.4 Å². The third kappa shape index (κ3) is 2.71. The fraction of sp³-hybridized carbons (Fsp3) is 0.222. The number of fused-ring (bicyclic) bond motifs is 1. The van der Waals surface area contributed by atoms with Crippen molar-refractivity contribution < 1.29 is 13.6 Å². The lowest BCUT2D eigenvalue weighted by Gasteiger charge is -2.15. The molecule has 0 atom stereocenters. The quantitative estimate of drug-likeness (QED) is 0.716. The lowest BCUT2D eigenvalue weighted by Crippen LogP contribution is -2.24. The zero-order valence-corrected chi connectivity index (χ0v) is 14.2. The largest absolute Gasteiger partial charge is 0.398 e. The first kappa shape index (κ1) is 16.9. The van der Waals surface area contributed by atoms with Crippen LogP contribution in [0.1, 0.15) is 22.8 Å². The number of nitrogen functional groups attached to an aromatic ring is 1. The van der Waals surface area contributed by atoms with Gasteiger partial charge in [0.05, 0.1) is 5.56 Å². The molecular formula is C18H18F2N4O. The lowest BCUT2D eigenvalue weighted by atomic mass is 10.00. The SMILES string of the molecule is CCc1c(F)[nH]c2ncc(-c3ccc(N)c(C(=O)N(C)C)c3F)cc12. The van der Waals surface area contributed by atoms with E-state index in [0.29, 0.717) is 28.6 Å². The van der Waals surface area contributed by atoms with E-state index in [-0.39, 0.29) is 16.8 Å². The van der Waals surface area contributed by atoms with Crippen LogP contribution in [0, 0.1) is 11.8 Å². The number of halogens is 2. The van der Waals surface area contributed by atoms with Gasteiger partial charge in [0, 0.05) is 48.1 Å². The molecule has 1 aromatic carbocycles. The maximum absolute atomic E-state index is 15.0. The zero-order valence-electron chi connectivity index (χ0n) is 14.2. The number of benzene rings is 1. The highest BCUT2D eigenvalue weighted by Gasteiger charge is 2.22. The van der Waals surface area contributed by atoms with Gasteiger partial charge in [-0.2, -0.15) is 4.39 Å². The highest BCUT2D eigenvalue weighted by Crippen LogP contribution is 2.31. The number of pyridine rings is 1. The summed E-state index contributed by atoms with van der Waals surface area (Å²) in [5.74, 6) is -1.68. The van der Waals surface area contributed by atoms with Crippen molar-refractivity contribution in [2.75, 3.05) is 19.8 Å². The second-order valence-corrected chi connectivity index (χ2v) is 5.98. The molecule has 3 N–H and O–H groups in total. The Kier molecular flexibility index (Phi) is 4.16. The number of carbonyl (C=O) groups excluding carboxylic acids is 1. The minimum Gasteiger partial charge on any atom is -0.398 e. The molecule has 0 fully saturated rings. The Bertz CT molecular complexity index is 979. The molecule has 130 valence electrons. The molecular weight excluding hydrogens is 326 g/mol. The Hall–Kier alpha value is -2.96. The fourth-order valence-electron chi connectivity index (χ4n) is 2.84. The smallest absolute Gasteiger partial charge is 0.258 e. The van der Waals surface area contributed by atoms with Crippen molar-refractivity contribution in [1.82, 2.24) is 14.9 Å². The third-order valence-electron chi connectivity index (χ3n) is 4.16. The molecule has 1 amide bonds. The van der Waals surface area contributed by atoms with Crippen LogP contribution in [0.5, 0.6) is 0 Å². The highest BCUT2D eigenvalue weighted by molar-refractivity contribution is 6.00. The molecule has 0 saturated heterocycles. The van der Waals surface area contributed by atoms with Gasteiger partial charge >= 0.3 is 0 Å². The van der Waals surface area contributed by atoms with Crippen molar-refractivity contribution in [3.8, 4) is 11.1 Å². The third-order valence-corrected chi connectivity index (χ3v) is 4.16. The number of carbonyl (C=O) groups is 1. The van der Waals surface area contributed by atoms with Crippen LogP contribution in [0.2, 0.25) is 0 Å². The average molecular weight is 344 g/mol. The van der Waals surface area contributed by atoms with Crippen LogP contribution in [-0.2, 0) is 6.42 Å². The van der Waals surface area contributed by atoms with Crippen LogP contribution in [0.25, 0.3) is 22.2 Å². The van der Waals surface area contributed by atoms with Crippen molar-refractivity contribution in [2.24, 2.45) is 0 Å². The van der Waals surface area contributed by atoms with Gasteiger partial charge in [-0.3, -0.25) is 4.79 Å². The summed E-state index contributed by atoms with van der Waals surface area (Å²) in [5, 5.41) is 0.592. The number of nitrogens with two attached hydrogens (primary N) is 1. The van der Waals surface area contributed by atoms with Crippen molar-refractivity contribution in [1.29, 1.82) is 0 Å². The van der Waals surface area contributed by atoms with Crippen LogP contribution >= 0.6 is 0 Å². The van der Waals surface area contributed by atoms with Gasteiger partial charge in [-0.1, -0.05) is 6.92 Å². The van der Waals surface area contributed by atoms with Gasteiger partial charge in [0.2, 0.25) is 0 Å². The minimum absolute atomic E-state index is 0.0657. The van der Waals surface area contributed by atoms with Gasteiger partial charge < -0.3 is 15.6 Å². The summed E-state index contributed by atoms with van der Waals surface area (Å²) < 4.78 is 28.9. The molecule has 25 heavy (non-hydrogen) atoms. The molecule has 0 unspecified atom stereocenters. The molecule has 0 spiro atoms. The Balaban J connectivity index is 2.21. The molecule has 0 radical (unpaired) electrons. The van der Waals surface area contributed by atoms with Crippen molar-refractivity contribution in [3.63, 3.8) is 0 Å². The maximum Gasteiger partial charge on any atom is 0.258 e. The summed E-state index contributed by atoms with van der Waals surface area (Å²) >= 11 is 0. The van der Waals surface area contributed by atoms with E-state index in [0.717, 1.165) is 0 Å². The Morgan fingerprint density at radius 1 is 1.32 bits per heavy atom. The van der Waals surface area contributed by atoms with Gasteiger partial charge in [0.15, 0.2) is 5.95 Å². The Morgan fingerprint density at radius 2 is 2.04 bits per heavy atom. The fourth-order valence-corrected chi connectivity index (χ4v) is 2.84. The molecule has 0 aliphatic rings. The standard InChI is InChI=1S/C18H18F2N4O/c1-4-10-12-7-9(8-22-17(12)23-16(10)20)11-5-6-13(21)14(15(11)19)18(25)24(2)3/h5-8H,4,21H2,1-3H3,(H,22,23). The lowest BCUT2D eigenvalue weighted by molar-refractivity contribution is 0.0824. The Labute approximate surface area is 143 Å². The van der Waals surface area contributed by atoms with E-state index >= 15 is 0 Å². The predicted octanol–water partition coefficient (Wildman–Crippen LogP) is 3.35. The molecule has 0 aliphatic heterocycles. The predicted molar refractivity (Wildman–Crippen MR) is 93.3 cm³/mol. The monoisotopic (exact) mass is 344 g/mol. The number of nitrogens with zero attached hydrogens (tertiary/aromatic N) is 2. The topological polar surface area (TPSA) is 75.0 Å². The molecule has 5 nitrogen and oxygen atoms in total. The first-order valence-electron chi connectivity index (χ1n) is 7.81. The van der Waals surface area contributed by atoms with Gasteiger partial charge in [-0.05, 0) is 24.6 Å². The molecule has 2 aromatic heterocycles. The second-order valence-electron chi connectivity index (χ2n) is 5.98. The van der Waals surface area contributed by atoms with Gasteiger partial charge in [-0.15, -0.1) is 0 Å². The number of nitrogens with one attached hydrogen (secondary N) is 1. The van der Waals surface area contributed by atoms with Crippen LogP contribution < -0.4 is 5.73 Å². The number of H-pyrrole nitrogens is 1. The number of amides is 1. The summed E-state index contributed by atoms with van der Waals surface area (Å²) in [6, 6.07) is 4.64. The number of rotatable bonds is 3. The minimum atomic E-state index is -0.714. The van der Waals surface area contributed by atoms with E-state index in [1.165, 1.54) is 37.3 Å². The van der Waals surface area contributed by atoms with Crippen molar-refractivity contribution in [3.05, 3.63) is 47.3 Å². The second kappa shape index (κ2) is 6.16. The highest BCUT2D eigenvalue weighted by atomic mass is 19.1. The van der Waals surface area contributed by atoms with Gasteiger partial charge in [-0.25, -0.2) is 9.37 Å². The molecule has 3 rings (SSSR count). The van der Waals surface area contributed by atoms with E-state index < -0.39 is 17.7 Å². The molecule has 3 aromatic rings. The summed E-state index contributed by atoms with van der Waals surface area (Å²) in [7, 11) is 3.05. The van der Waals surface area contributed by atoms with Crippen LogP contribution in [0.4, 0.5) is 14.5 Å². The first-order valence-corrected chi connectivity index (χ1v) is 7.81. The van der Waals surface area contributed by atoms with Crippen LogP contribution in [0.3, 0.4) is 0 Å². The van der Waals surface area contributed by atoms with Gasteiger partial charge in [0.25, 0.3) is 5.91 Å². The first-order chi connectivity index (χ1) is 11.8. The van der Waals surface area contributed by atoms with E-state index in [1.807, 2.05) is 6.92 Å². The van der Waals surface area contributed by atoms with Crippen molar-refractivity contribution in [2.45, 2.75) is 13.3 Å². The summed E-state index contributed by atoms with van der Waals surface area (Å²) in [5.41, 5.74) is 7.21.